The van der Waals surface area contributed by atoms with Gasteiger partial charge >= 0.3 is 0 Å². The molecule has 0 fully saturated rings. The van der Waals surface area contributed by atoms with Gasteiger partial charge in [-0.3, -0.25) is 4.79 Å². The van der Waals surface area contributed by atoms with E-state index in [4.69, 9.17) is 27.9 Å². The second-order valence-electron chi connectivity index (χ2n) is 4.22. The van der Waals surface area contributed by atoms with Crippen molar-refractivity contribution < 1.29 is 9.53 Å². The van der Waals surface area contributed by atoms with E-state index >= 15 is 0 Å². The summed E-state index contributed by atoms with van der Waals surface area (Å²) in [5.74, 6) is 0.303. The lowest BCUT2D eigenvalue weighted by atomic mass is 10.1. The van der Waals surface area contributed by atoms with E-state index in [1.807, 2.05) is 0 Å². The molecule has 1 amide bonds. The predicted molar refractivity (Wildman–Crippen MR) is 70.7 cm³/mol. The van der Waals surface area contributed by atoms with Gasteiger partial charge in [-0.05, 0) is 16.5 Å². The number of aromatic nitrogens is 4. The normalized spacial score (nSPS) is 16.6. The second kappa shape index (κ2) is 5.26. The van der Waals surface area contributed by atoms with Crippen molar-refractivity contribution in [1.29, 1.82) is 0 Å². The number of hydrogen-bond acceptors (Lipinski definition) is 5. The molecule has 20 heavy (non-hydrogen) atoms. The van der Waals surface area contributed by atoms with Crippen molar-refractivity contribution in [1.82, 2.24) is 25.5 Å². The quantitative estimate of drug-likeness (QED) is 0.921. The van der Waals surface area contributed by atoms with Gasteiger partial charge in [-0.2, -0.15) is 0 Å². The summed E-state index contributed by atoms with van der Waals surface area (Å²) in [6.07, 6.45) is 1.37. The highest BCUT2D eigenvalue weighted by atomic mass is 35.5. The number of hydrogen-bond donors (Lipinski definition) is 1. The molecule has 1 aliphatic heterocycles. The molecular weight excluding hydrogens is 305 g/mol. The number of rotatable bonds is 3. The molecule has 1 atom stereocenters. The Morgan fingerprint density at radius 2 is 2.35 bits per heavy atom. The van der Waals surface area contributed by atoms with E-state index in [1.165, 1.54) is 11.0 Å². The van der Waals surface area contributed by atoms with Crippen LogP contribution in [0.25, 0.3) is 0 Å². The fourth-order valence-corrected chi connectivity index (χ4v) is 2.36. The molecule has 104 valence electrons. The molecule has 0 unspecified atom stereocenters. The third-order valence-corrected chi connectivity index (χ3v) is 3.67. The Morgan fingerprint density at radius 1 is 1.50 bits per heavy atom. The summed E-state index contributed by atoms with van der Waals surface area (Å²) >= 11 is 12.0. The van der Waals surface area contributed by atoms with Crippen molar-refractivity contribution in [3.8, 4) is 5.75 Å². The standard InChI is InChI=1S/C11H9Cl2N5O2/c12-7-2-1-6-8(4-20-11(6)10(7)13)15-9(19)3-18-5-14-16-17-18/h1-2,5,8H,3-4H2,(H,15,19)/t8-/m0/s1. The van der Waals surface area contributed by atoms with Crippen LogP contribution in [0, 0.1) is 0 Å². The van der Waals surface area contributed by atoms with Crippen LogP contribution >= 0.6 is 23.2 Å². The molecule has 1 N–H and O–H groups in total. The fraction of sp³-hybridized carbons (Fsp3) is 0.273. The summed E-state index contributed by atoms with van der Waals surface area (Å²) < 4.78 is 6.81. The van der Waals surface area contributed by atoms with Crippen molar-refractivity contribution >= 4 is 29.1 Å². The number of nitrogens with zero attached hydrogens (tertiary/aromatic N) is 4. The van der Waals surface area contributed by atoms with E-state index < -0.39 is 0 Å². The Morgan fingerprint density at radius 3 is 3.10 bits per heavy atom. The molecule has 1 aliphatic rings. The molecule has 0 radical (unpaired) electrons. The number of carbonyl (C=O) groups is 1. The van der Waals surface area contributed by atoms with Crippen molar-refractivity contribution in [2.75, 3.05) is 6.61 Å². The van der Waals surface area contributed by atoms with Crippen LogP contribution in [0.4, 0.5) is 0 Å². The van der Waals surface area contributed by atoms with E-state index in [-0.39, 0.29) is 18.5 Å². The van der Waals surface area contributed by atoms with E-state index in [1.54, 1.807) is 12.1 Å². The first-order chi connectivity index (χ1) is 9.65. The topological polar surface area (TPSA) is 81.9 Å². The van der Waals surface area contributed by atoms with Gasteiger partial charge in [0.15, 0.2) is 0 Å². The average molecular weight is 314 g/mol. The van der Waals surface area contributed by atoms with Crippen LogP contribution in [0.2, 0.25) is 10.0 Å². The largest absolute Gasteiger partial charge is 0.489 e. The first kappa shape index (κ1) is 13.1. The van der Waals surface area contributed by atoms with Gasteiger partial charge in [0.05, 0.1) is 11.1 Å². The minimum absolute atomic E-state index is 0.0418. The lowest BCUT2D eigenvalue weighted by molar-refractivity contribution is -0.122. The number of nitrogens with one attached hydrogen (secondary N) is 1. The van der Waals surface area contributed by atoms with Crippen molar-refractivity contribution in [2.24, 2.45) is 0 Å². The maximum absolute atomic E-state index is 11.9. The minimum atomic E-state index is -0.260. The first-order valence-corrected chi connectivity index (χ1v) is 6.51. The molecular formula is C11H9Cl2N5O2. The summed E-state index contributed by atoms with van der Waals surface area (Å²) in [6.45, 7) is 0.358. The van der Waals surface area contributed by atoms with Crippen LogP contribution < -0.4 is 10.1 Å². The first-order valence-electron chi connectivity index (χ1n) is 5.76. The molecule has 0 bridgehead atoms. The van der Waals surface area contributed by atoms with Crippen LogP contribution in [-0.2, 0) is 11.3 Å². The van der Waals surface area contributed by atoms with Crippen LogP contribution in [-0.4, -0.2) is 32.7 Å². The van der Waals surface area contributed by atoms with Gasteiger partial charge < -0.3 is 10.1 Å². The molecule has 2 aromatic rings. The van der Waals surface area contributed by atoms with Crippen molar-refractivity contribution in [2.45, 2.75) is 12.6 Å². The molecule has 0 spiro atoms. The van der Waals surface area contributed by atoms with Gasteiger partial charge in [0.1, 0.15) is 30.3 Å². The van der Waals surface area contributed by atoms with Gasteiger partial charge in [0.25, 0.3) is 0 Å². The van der Waals surface area contributed by atoms with Gasteiger partial charge in [0, 0.05) is 5.56 Å². The number of fused-ring (bicyclic) bond motifs is 1. The molecule has 3 rings (SSSR count). The summed E-state index contributed by atoms with van der Waals surface area (Å²) in [6, 6.07) is 3.21. The zero-order valence-corrected chi connectivity index (χ0v) is 11.6. The fourth-order valence-electron chi connectivity index (χ4n) is 1.98. The number of carbonyl (C=O) groups excluding carboxylic acids is 1. The molecule has 7 nitrogen and oxygen atoms in total. The van der Waals surface area contributed by atoms with Gasteiger partial charge in [0.2, 0.25) is 5.91 Å². The number of amides is 1. The summed E-state index contributed by atoms with van der Waals surface area (Å²) in [4.78, 5) is 11.9. The van der Waals surface area contributed by atoms with E-state index in [2.05, 4.69) is 20.8 Å². The second-order valence-corrected chi connectivity index (χ2v) is 5.00. The number of halogens is 2. The zero-order valence-electron chi connectivity index (χ0n) is 10.1. The smallest absolute Gasteiger partial charge is 0.242 e. The highest BCUT2D eigenvalue weighted by Gasteiger charge is 2.28. The highest BCUT2D eigenvalue weighted by molar-refractivity contribution is 6.43. The number of tetrazole rings is 1. The lowest BCUT2D eigenvalue weighted by Crippen LogP contribution is -2.32. The third-order valence-electron chi connectivity index (χ3n) is 2.88. The Kier molecular flexibility index (Phi) is 3.45. The average Bonchev–Trinajstić information content (AvgIpc) is 3.04. The monoisotopic (exact) mass is 313 g/mol. The number of benzene rings is 1. The maximum atomic E-state index is 11.9. The predicted octanol–water partition coefficient (Wildman–Crippen LogP) is 1.23. The maximum Gasteiger partial charge on any atom is 0.242 e. The minimum Gasteiger partial charge on any atom is -0.489 e. The zero-order chi connectivity index (χ0) is 14.1. The summed E-state index contributed by atoms with van der Waals surface area (Å²) in [5, 5.41) is 14.2. The Hall–Kier alpha value is -1.86. The highest BCUT2D eigenvalue weighted by Crippen LogP contribution is 2.41. The molecule has 1 aromatic heterocycles. The Labute approximate surface area is 123 Å². The molecule has 9 heteroatoms. The van der Waals surface area contributed by atoms with Crippen molar-refractivity contribution in [3.63, 3.8) is 0 Å². The van der Waals surface area contributed by atoms with E-state index in [0.717, 1.165) is 5.56 Å². The van der Waals surface area contributed by atoms with Crippen LogP contribution in [0.15, 0.2) is 18.5 Å². The van der Waals surface area contributed by atoms with Gasteiger partial charge in [-0.1, -0.05) is 29.3 Å². The molecule has 1 aromatic carbocycles. The molecule has 0 aliphatic carbocycles. The molecule has 2 heterocycles. The van der Waals surface area contributed by atoms with E-state index in [0.29, 0.717) is 22.4 Å². The lowest BCUT2D eigenvalue weighted by Gasteiger charge is -2.11. The summed E-state index contributed by atoms with van der Waals surface area (Å²) in [5.41, 5.74) is 0.810. The van der Waals surface area contributed by atoms with Crippen molar-refractivity contribution in [3.05, 3.63) is 34.1 Å². The van der Waals surface area contributed by atoms with Crippen LogP contribution in [0.3, 0.4) is 0 Å². The number of ether oxygens (including phenoxy) is 1. The van der Waals surface area contributed by atoms with Crippen LogP contribution in [0.1, 0.15) is 11.6 Å². The molecule has 0 saturated carbocycles. The van der Waals surface area contributed by atoms with Gasteiger partial charge in [-0.25, -0.2) is 4.68 Å². The van der Waals surface area contributed by atoms with Crippen LogP contribution in [0.5, 0.6) is 5.75 Å². The van der Waals surface area contributed by atoms with Gasteiger partial charge in [-0.15, -0.1) is 5.10 Å². The SMILES string of the molecule is O=C(Cn1cnnn1)N[C@H]1COc2c1ccc(Cl)c2Cl. The summed E-state index contributed by atoms with van der Waals surface area (Å²) in [7, 11) is 0. The Balaban J connectivity index is 1.72. The Bertz CT molecular complexity index is 647. The molecule has 0 saturated heterocycles. The third kappa shape index (κ3) is 2.41. The van der Waals surface area contributed by atoms with E-state index in [9.17, 15) is 4.79 Å².